The smallest absolute Gasteiger partial charge is 0.259 e. The third kappa shape index (κ3) is 3.97. The van der Waals surface area contributed by atoms with Crippen LogP contribution in [0.4, 0.5) is 4.39 Å². The summed E-state index contributed by atoms with van der Waals surface area (Å²) in [5, 5.41) is 13.9. The van der Waals surface area contributed by atoms with Crippen LogP contribution in [0.25, 0.3) is 29.6 Å². The number of alkyl halides is 1. The highest BCUT2D eigenvalue weighted by atomic mass is 19.1. The Balaban J connectivity index is 2.42. The van der Waals surface area contributed by atoms with Crippen LogP contribution in [0.1, 0.15) is 5.56 Å². The van der Waals surface area contributed by atoms with Gasteiger partial charge in [-0.05, 0) is 11.3 Å². The van der Waals surface area contributed by atoms with Crippen LogP contribution in [0.15, 0.2) is 29.6 Å². The third-order valence-corrected chi connectivity index (χ3v) is 3.97. The summed E-state index contributed by atoms with van der Waals surface area (Å²) in [6.45, 7) is 12.4. The number of ether oxygens (including phenoxy) is 1. The van der Waals surface area contributed by atoms with Gasteiger partial charge in [0.1, 0.15) is 6.67 Å². The van der Waals surface area contributed by atoms with E-state index in [2.05, 4.69) is 25.1 Å². The summed E-state index contributed by atoms with van der Waals surface area (Å²) in [6.07, 6.45) is 0. The number of hydrogen-bond acceptors (Lipinski definition) is 4. The molecule has 2 rings (SSSR count). The van der Waals surface area contributed by atoms with Crippen LogP contribution in [-0.4, -0.2) is 42.7 Å². The maximum atomic E-state index is 12.7. The van der Waals surface area contributed by atoms with E-state index in [-0.39, 0.29) is 25.3 Å². The number of hydrogen-bond donors (Lipinski definition) is 2. The first-order chi connectivity index (χ1) is 12.0. The second kappa shape index (κ2) is 8.60. The van der Waals surface area contributed by atoms with Gasteiger partial charge in [-0.15, -0.1) is 0 Å². The largest absolute Gasteiger partial charge is 0.394 e. The standard InChI is InChI=1S/C19H23FN2O3/c1-13-15(3)22(9-7-20)19(24)17-6-4-5-16(18(13)17)14(2)21-8-11-25-12-10-23/h4-6,21,23H,1-3,7-12H2. The normalized spacial score (nSPS) is 11.0. The van der Waals surface area contributed by atoms with Crippen molar-refractivity contribution in [2.24, 2.45) is 0 Å². The molecule has 6 heteroatoms. The molecule has 0 saturated carbocycles. The highest BCUT2D eigenvalue weighted by molar-refractivity contribution is 5.93. The van der Waals surface area contributed by atoms with Crippen molar-refractivity contribution in [2.75, 3.05) is 33.0 Å². The van der Waals surface area contributed by atoms with Crippen molar-refractivity contribution in [3.05, 3.63) is 51.3 Å². The van der Waals surface area contributed by atoms with Crippen molar-refractivity contribution in [3.8, 4) is 0 Å². The molecule has 5 nitrogen and oxygen atoms in total. The first kappa shape index (κ1) is 18.9. The van der Waals surface area contributed by atoms with Gasteiger partial charge in [0.05, 0.1) is 26.4 Å². The molecule has 0 bridgehead atoms. The van der Waals surface area contributed by atoms with Crippen molar-refractivity contribution in [1.29, 1.82) is 0 Å². The maximum absolute atomic E-state index is 12.7. The van der Waals surface area contributed by atoms with E-state index in [0.717, 1.165) is 5.56 Å². The molecule has 1 aromatic carbocycles. The second-order valence-electron chi connectivity index (χ2n) is 5.54. The Kier molecular flexibility index (Phi) is 6.50. The molecule has 1 aromatic heterocycles. The van der Waals surface area contributed by atoms with Gasteiger partial charge in [0.15, 0.2) is 0 Å². The average Bonchev–Trinajstić information content (AvgIpc) is 2.62. The molecule has 0 spiro atoms. The van der Waals surface area contributed by atoms with E-state index in [4.69, 9.17) is 9.84 Å². The molecule has 0 radical (unpaired) electrons. The fourth-order valence-corrected chi connectivity index (χ4v) is 2.74. The quantitative estimate of drug-likeness (QED) is 0.644. The van der Waals surface area contributed by atoms with E-state index in [0.29, 0.717) is 40.2 Å². The van der Waals surface area contributed by atoms with Crippen molar-refractivity contribution < 1.29 is 14.2 Å². The molecule has 0 fully saturated rings. The molecule has 0 saturated heterocycles. The number of pyridine rings is 1. The molecule has 0 atom stereocenters. The Morgan fingerprint density at radius 1 is 1.32 bits per heavy atom. The maximum Gasteiger partial charge on any atom is 0.259 e. The van der Waals surface area contributed by atoms with Crippen LogP contribution in [0.5, 0.6) is 0 Å². The fourth-order valence-electron chi connectivity index (χ4n) is 2.74. The molecule has 0 aliphatic rings. The number of benzene rings is 1. The Labute approximate surface area is 145 Å². The summed E-state index contributed by atoms with van der Waals surface area (Å²) < 4.78 is 19.3. The molecule has 134 valence electrons. The second-order valence-corrected chi connectivity index (χ2v) is 5.54. The fraction of sp³-hybridized carbons (Fsp3) is 0.316. The highest BCUT2D eigenvalue weighted by Gasteiger charge is 2.11. The lowest BCUT2D eigenvalue weighted by Gasteiger charge is -2.14. The minimum Gasteiger partial charge on any atom is -0.394 e. The number of fused-ring (bicyclic) bond motifs is 1. The van der Waals surface area contributed by atoms with Gasteiger partial charge >= 0.3 is 0 Å². The van der Waals surface area contributed by atoms with Gasteiger partial charge in [-0.1, -0.05) is 31.9 Å². The van der Waals surface area contributed by atoms with Gasteiger partial charge in [0.2, 0.25) is 0 Å². The zero-order valence-electron chi connectivity index (χ0n) is 14.2. The lowest BCUT2D eigenvalue weighted by Crippen LogP contribution is -2.43. The zero-order chi connectivity index (χ0) is 18.4. The van der Waals surface area contributed by atoms with E-state index < -0.39 is 6.67 Å². The zero-order valence-corrected chi connectivity index (χ0v) is 14.2. The number of aliphatic hydroxyl groups excluding tert-OH is 1. The van der Waals surface area contributed by atoms with Gasteiger partial charge in [-0.3, -0.25) is 4.79 Å². The highest BCUT2D eigenvalue weighted by Crippen LogP contribution is 2.17. The van der Waals surface area contributed by atoms with Crippen molar-refractivity contribution in [3.63, 3.8) is 0 Å². The van der Waals surface area contributed by atoms with Crippen LogP contribution in [-0.2, 0) is 11.3 Å². The summed E-state index contributed by atoms with van der Waals surface area (Å²) in [5.74, 6) is 0. The molecule has 0 aliphatic carbocycles. The Bertz CT molecular complexity index is 921. The first-order valence-electron chi connectivity index (χ1n) is 8.04. The van der Waals surface area contributed by atoms with Crippen LogP contribution in [0, 0.1) is 0 Å². The Morgan fingerprint density at radius 2 is 2.08 bits per heavy atom. The predicted molar refractivity (Wildman–Crippen MR) is 99.4 cm³/mol. The third-order valence-electron chi connectivity index (χ3n) is 3.97. The minimum absolute atomic E-state index is 0.0213. The van der Waals surface area contributed by atoms with Crippen LogP contribution < -0.4 is 21.4 Å². The van der Waals surface area contributed by atoms with E-state index in [1.807, 2.05) is 6.07 Å². The van der Waals surface area contributed by atoms with Gasteiger partial charge in [-0.25, -0.2) is 4.39 Å². The minimum atomic E-state index is -0.644. The van der Waals surface area contributed by atoms with Crippen molar-refractivity contribution >= 4 is 29.6 Å². The average molecular weight is 346 g/mol. The van der Waals surface area contributed by atoms with Crippen molar-refractivity contribution in [1.82, 2.24) is 9.88 Å². The first-order valence-corrected chi connectivity index (χ1v) is 8.04. The number of aromatic nitrogens is 1. The summed E-state index contributed by atoms with van der Waals surface area (Å²) >= 11 is 0. The lowest BCUT2D eigenvalue weighted by molar-refractivity contribution is 0.0956. The number of nitrogens with zero attached hydrogens (tertiary/aromatic N) is 1. The lowest BCUT2D eigenvalue weighted by atomic mass is 10.0. The van der Waals surface area contributed by atoms with E-state index in [1.165, 1.54) is 4.57 Å². The van der Waals surface area contributed by atoms with E-state index >= 15 is 0 Å². The number of aliphatic hydroxyl groups is 1. The molecular formula is C19H23FN2O3. The molecule has 0 amide bonds. The van der Waals surface area contributed by atoms with Gasteiger partial charge in [0.25, 0.3) is 5.56 Å². The van der Waals surface area contributed by atoms with E-state index in [1.54, 1.807) is 12.1 Å². The van der Waals surface area contributed by atoms with Gasteiger partial charge in [0, 0.05) is 33.9 Å². The van der Waals surface area contributed by atoms with Crippen LogP contribution >= 0.6 is 0 Å². The number of nitrogens with one attached hydrogen (secondary N) is 1. The Morgan fingerprint density at radius 3 is 2.76 bits per heavy atom. The van der Waals surface area contributed by atoms with E-state index in [9.17, 15) is 9.18 Å². The summed E-state index contributed by atoms with van der Waals surface area (Å²) in [6, 6.07) is 5.30. The molecule has 25 heavy (non-hydrogen) atoms. The monoisotopic (exact) mass is 346 g/mol. The van der Waals surface area contributed by atoms with Gasteiger partial charge < -0.3 is 19.7 Å². The molecule has 0 aliphatic heterocycles. The van der Waals surface area contributed by atoms with Crippen LogP contribution in [0.2, 0.25) is 0 Å². The van der Waals surface area contributed by atoms with Crippen molar-refractivity contribution in [2.45, 2.75) is 6.54 Å². The van der Waals surface area contributed by atoms with Crippen LogP contribution in [0.3, 0.4) is 0 Å². The molecule has 1 heterocycles. The SMILES string of the molecule is C=C(NCCOCCO)c1cccc2c(=O)n(CCF)c(=C)c(=C)c12. The molecule has 2 aromatic rings. The molecule has 0 unspecified atom stereocenters. The summed E-state index contributed by atoms with van der Waals surface area (Å²) in [7, 11) is 0. The number of halogens is 1. The summed E-state index contributed by atoms with van der Waals surface area (Å²) in [4.78, 5) is 12.6. The number of rotatable bonds is 9. The topological polar surface area (TPSA) is 63.5 Å². The van der Waals surface area contributed by atoms with Gasteiger partial charge in [-0.2, -0.15) is 0 Å². The molecular weight excluding hydrogens is 323 g/mol. The Hall–Kier alpha value is -2.44. The summed E-state index contributed by atoms with van der Waals surface area (Å²) in [5.41, 5.74) is 1.09. The molecule has 2 N–H and O–H groups in total. The predicted octanol–water partition coefficient (Wildman–Crippen LogP) is 0.361.